The summed E-state index contributed by atoms with van der Waals surface area (Å²) >= 11 is 0. The molecule has 0 atom stereocenters. The monoisotopic (exact) mass is 329 g/mol. The van der Waals surface area contributed by atoms with Gasteiger partial charge in [0.15, 0.2) is 0 Å². The largest absolute Gasteiger partial charge is 0.366 e. The molecule has 3 aromatic rings. The minimum absolute atomic E-state index is 0.167. The molecule has 2 heterocycles. The first-order chi connectivity index (χ1) is 12.2. The molecule has 122 valence electrons. The lowest BCUT2D eigenvalue weighted by atomic mass is 10.1. The van der Waals surface area contributed by atoms with E-state index >= 15 is 0 Å². The summed E-state index contributed by atoms with van der Waals surface area (Å²) in [6.45, 7) is 0.575. The molecule has 1 aromatic carbocycles. The summed E-state index contributed by atoms with van der Waals surface area (Å²) < 4.78 is 0. The molecule has 0 radical (unpaired) electrons. The van der Waals surface area contributed by atoms with Crippen molar-refractivity contribution in [3.63, 3.8) is 0 Å². The van der Waals surface area contributed by atoms with Gasteiger partial charge in [-0.25, -0.2) is 4.98 Å². The lowest BCUT2D eigenvalue weighted by Crippen LogP contribution is -2.12. The third-order valence-corrected chi connectivity index (χ3v) is 3.52. The molecule has 6 heteroatoms. The van der Waals surface area contributed by atoms with Crippen LogP contribution in [0.4, 0.5) is 11.5 Å². The Balaban J connectivity index is 1.58. The van der Waals surface area contributed by atoms with Gasteiger partial charge in [-0.3, -0.25) is 9.78 Å². The molecule has 0 bridgehead atoms. The number of nitrogens with zero attached hydrogens (tertiary/aromatic N) is 3. The zero-order valence-electron chi connectivity index (χ0n) is 13.3. The van der Waals surface area contributed by atoms with Crippen LogP contribution in [0.5, 0.6) is 0 Å². The number of benzene rings is 1. The highest BCUT2D eigenvalue weighted by Crippen LogP contribution is 2.11. The summed E-state index contributed by atoms with van der Waals surface area (Å²) in [6, 6.07) is 16.3. The Labute approximate surface area is 145 Å². The molecule has 1 amide bonds. The molecule has 0 fully saturated rings. The van der Waals surface area contributed by atoms with Crippen LogP contribution in [0.3, 0.4) is 0 Å². The van der Waals surface area contributed by atoms with E-state index in [9.17, 15) is 4.79 Å². The Morgan fingerprint density at radius 2 is 1.80 bits per heavy atom. The summed E-state index contributed by atoms with van der Waals surface area (Å²) in [5.74, 6) is 0.526. The number of carbonyl (C=O) groups is 1. The first-order valence-corrected chi connectivity index (χ1v) is 7.65. The normalized spacial score (nSPS) is 9.88. The summed E-state index contributed by atoms with van der Waals surface area (Å²) in [7, 11) is 0. The summed E-state index contributed by atoms with van der Waals surface area (Å²) in [5, 5.41) is 14.7. The second kappa shape index (κ2) is 7.70. The number of hydrogen-bond donors (Lipinski definition) is 2. The van der Waals surface area contributed by atoms with Crippen molar-refractivity contribution < 1.29 is 4.79 Å². The fourth-order valence-electron chi connectivity index (χ4n) is 2.17. The lowest BCUT2D eigenvalue weighted by Gasteiger charge is -2.08. The Kier molecular flexibility index (Phi) is 4.98. The Morgan fingerprint density at radius 1 is 1.04 bits per heavy atom. The highest BCUT2D eigenvalue weighted by molar-refractivity contribution is 6.04. The highest BCUT2D eigenvalue weighted by Gasteiger charge is 2.06. The van der Waals surface area contributed by atoms with Crippen LogP contribution in [0.25, 0.3) is 0 Å². The maximum Gasteiger partial charge on any atom is 0.255 e. The van der Waals surface area contributed by atoms with Crippen molar-refractivity contribution in [2.75, 3.05) is 10.6 Å². The molecule has 0 unspecified atom stereocenters. The topological polar surface area (TPSA) is 90.7 Å². The molecular formula is C19H15N5O. The Morgan fingerprint density at radius 3 is 2.44 bits per heavy atom. The van der Waals surface area contributed by atoms with Crippen molar-refractivity contribution in [3.8, 4) is 6.07 Å². The van der Waals surface area contributed by atoms with Crippen molar-refractivity contribution in [2.24, 2.45) is 0 Å². The van der Waals surface area contributed by atoms with Crippen molar-refractivity contribution in [2.45, 2.75) is 6.54 Å². The van der Waals surface area contributed by atoms with Crippen LogP contribution in [-0.2, 0) is 6.54 Å². The van der Waals surface area contributed by atoms with E-state index in [1.807, 2.05) is 18.2 Å². The van der Waals surface area contributed by atoms with Gasteiger partial charge in [-0.05, 0) is 42.0 Å². The van der Waals surface area contributed by atoms with Gasteiger partial charge in [0.1, 0.15) is 11.9 Å². The van der Waals surface area contributed by atoms with Crippen molar-refractivity contribution >= 4 is 17.4 Å². The molecule has 0 spiro atoms. The van der Waals surface area contributed by atoms with E-state index in [2.05, 4.69) is 20.6 Å². The summed E-state index contributed by atoms with van der Waals surface area (Å²) in [5.41, 5.74) is 2.83. The third kappa shape index (κ3) is 4.39. The van der Waals surface area contributed by atoms with Gasteiger partial charge in [0, 0.05) is 36.4 Å². The maximum atomic E-state index is 12.2. The van der Waals surface area contributed by atoms with Gasteiger partial charge < -0.3 is 10.6 Å². The first-order valence-electron chi connectivity index (χ1n) is 7.65. The second-order valence-corrected chi connectivity index (χ2v) is 5.28. The molecule has 0 aliphatic carbocycles. The van der Waals surface area contributed by atoms with Gasteiger partial charge in [0.25, 0.3) is 5.91 Å². The van der Waals surface area contributed by atoms with E-state index < -0.39 is 0 Å². The van der Waals surface area contributed by atoms with Crippen LogP contribution in [0.1, 0.15) is 21.5 Å². The van der Waals surface area contributed by atoms with Crippen LogP contribution in [0.15, 0.2) is 67.1 Å². The van der Waals surface area contributed by atoms with Crippen molar-refractivity contribution in [1.29, 1.82) is 5.26 Å². The number of nitrogens with one attached hydrogen (secondary N) is 2. The average Bonchev–Trinajstić information content (AvgIpc) is 2.68. The fourth-order valence-corrected chi connectivity index (χ4v) is 2.17. The number of anilines is 2. The molecule has 0 saturated carbocycles. The Bertz CT molecular complexity index is 884. The van der Waals surface area contributed by atoms with Crippen molar-refractivity contribution in [3.05, 3.63) is 83.8 Å². The molecule has 0 saturated heterocycles. The van der Waals surface area contributed by atoms with Crippen LogP contribution in [-0.4, -0.2) is 15.9 Å². The van der Waals surface area contributed by atoms with Crippen LogP contribution < -0.4 is 10.6 Å². The van der Waals surface area contributed by atoms with E-state index in [0.29, 0.717) is 29.2 Å². The fraction of sp³-hybridized carbons (Fsp3) is 0.0526. The van der Waals surface area contributed by atoms with Gasteiger partial charge in [0.2, 0.25) is 0 Å². The highest BCUT2D eigenvalue weighted by atomic mass is 16.1. The first kappa shape index (κ1) is 16.1. The molecule has 2 N–H and O–H groups in total. The van der Waals surface area contributed by atoms with Gasteiger partial charge in [-0.2, -0.15) is 5.26 Å². The number of hydrogen-bond acceptors (Lipinski definition) is 5. The molecule has 0 aliphatic heterocycles. The number of nitriles is 1. The number of carbonyl (C=O) groups excluding carboxylic acids is 1. The molecule has 3 rings (SSSR count). The lowest BCUT2D eigenvalue weighted by molar-refractivity contribution is 0.102. The van der Waals surface area contributed by atoms with Crippen molar-refractivity contribution in [1.82, 2.24) is 9.97 Å². The van der Waals surface area contributed by atoms with Crippen LogP contribution in [0.2, 0.25) is 0 Å². The van der Waals surface area contributed by atoms with E-state index in [-0.39, 0.29) is 5.91 Å². The van der Waals surface area contributed by atoms with E-state index in [4.69, 9.17) is 5.26 Å². The van der Waals surface area contributed by atoms with Gasteiger partial charge >= 0.3 is 0 Å². The van der Waals surface area contributed by atoms with E-state index in [1.54, 1.807) is 48.8 Å². The smallest absolute Gasteiger partial charge is 0.255 e. The molecule has 6 nitrogen and oxygen atoms in total. The van der Waals surface area contributed by atoms with E-state index in [1.165, 1.54) is 6.20 Å². The number of aromatic nitrogens is 2. The maximum absolute atomic E-state index is 12.2. The standard InChI is InChI=1S/C19H15N5O/c20-11-15-3-6-18(23-13-15)22-12-14-1-4-16(5-2-14)19(25)24-17-7-9-21-10-8-17/h1-10,13H,12H2,(H,22,23)(H,21,24,25). The molecular weight excluding hydrogens is 314 g/mol. The molecule has 2 aromatic heterocycles. The summed E-state index contributed by atoms with van der Waals surface area (Å²) in [4.78, 5) is 20.2. The van der Waals surface area contributed by atoms with E-state index in [0.717, 1.165) is 5.56 Å². The SMILES string of the molecule is N#Cc1ccc(NCc2ccc(C(=O)Nc3ccncc3)cc2)nc1. The zero-order valence-corrected chi connectivity index (χ0v) is 13.3. The minimum atomic E-state index is -0.167. The molecule has 25 heavy (non-hydrogen) atoms. The number of pyridine rings is 2. The number of rotatable bonds is 5. The predicted octanol–water partition coefficient (Wildman–Crippen LogP) is 3.21. The third-order valence-electron chi connectivity index (χ3n) is 3.52. The quantitative estimate of drug-likeness (QED) is 0.750. The summed E-state index contributed by atoms with van der Waals surface area (Å²) in [6.07, 6.45) is 4.78. The predicted molar refractivity (Wildman–Crippen MR) is 94.9 cm³/mol. The van der Waals surface area contributed by atoms with Gasteiger partial charge in [0.05, 0.1) is 5.56 Å². The average molecular weight is 329 g/mol. The van der Waals surface area contributed by atoms with Crippen LogP contribution in [0, 0.1) is 11.3 Å². The van der Waals surface area contributed by atoms with Gasteiger partial charge in [-0.1, -0.05) is 12.1 Å². The van der Waals surface area contributed by atoms with Gasteiger partial charge in [-0.15, -0.1) is 0 Å². The Hall–Kier alpha value is -3.72. The second-order valence-electron chi connectivity index (χ2n) is 5.28. The minimum Gasteiger partial charge on any atom is -0.366 e. The number of amides is 1. The van der Waals surface area contributed by atoms with Crippen LogP contribution >= 0.6 is 0 Å². The zero-order chi connectivity index (χ0) is 17.5. The molecule has 0 aliphatic rings.